The molecule has 98 valence electrons. The van der Waals surface area contributed by atoms with Crippen LogP contribution in [0.25, 0.3) is 11.1 Å². The van der Waals surface area contributed by atoms with Gasteiger partial charge in [-0.25, -0.2) is 0 Å². The third kappa shape index (κ3) is 3.43. The molecule has 19 heavy (non-hydrogen) atoms. The van der Waals surface area contributed by atoms with Crippen LogP contribution in [0.15, 0.2) is 30.3 Å². The molecule has 0 aromatic heterocycles. The van der Waals surface area contributed by atoms with Crippen molar-refractivity contribution in [1.29, 1.82) is 0 Å². The molecule has 1 nitrogen and oxygen atoms in total. The summed E-state index contributed by atoms with van der Waals surface area (Å²) in [7, 11) is 0. The average Bonchev–Trinajstić information content (AvgIpc) is 2.33. The van der Waals surface area contributed by atoms with Gasteiger partial charge in [-0.05, 0) is 35.4 Å². The van der Waals surface area contributed by atoms with Crippen molar-refractivity contribution >= 4 is 52.7 Å². The van der Waals surface area contributed by atoms with Gasteiger partial charge in [0.25, 0.3) is 0 Å². The maximum absolute atomic E-state index is 10.6. The second kappa shape index (κ2) is 6.15. The van der Waals surface area contributed by atoms with E-state index >= 15 is 0 Å². The van der Waals surface area contributed by atoms with Crippen LogP contribution in [0.2, 0.25) is 20.1 Å². The molecular formula is C14H8Cl4O. The summed E-state index contributed by atoms with van der Waals surface area (Å²) >= 11 is 24.1. The second-order valence-electron chi connectivity index (χ2n) is 3.97. The zero-order chi connectivity index (χ0) is 14.0. The molecule has 0 radical (unpaired) electrons. The Morgan fingerprint density at radius 2 is 1.53 bits per heavy atom. The number of hydrogen-bond acceptors (Lipinski definition) is 1. The fourth-order valence-corrected chi connectivity index (χ4v) is 2.68. The summed E-state index contributed by atoms with van der Waals surface area (Å²) in [5, 5.41) is 1.83. The van der Waals surface area contributed by atoms with Gasteiger partial charge >= 0.3 is 0 Å². The normalized spacial score (nSPS) is 10.5. The van der Waals surface area contributed by atoms with Gasteiger partial charge in [0.05, 0.1) is 10.0 Å². The zero-order valence-electron chi connectivity index (χ0n) is 9.59. The third-order valence-corrected chi connectivity index (χ3v) is 3.85. The molecule has 0 bridgehead atoms. The van der Waals surface area contributed by atoms with E-state index in [1.807, 2.05) is 6.07 Å². The van der Waals surface area contributed by atoms with Crippen LogP contribution < -0.4 is 0 Å². The van der Waals surface area contributed by atoms with Crippen LogP contribution in [0.4, 0.5) is 0 Å². The highest BCUT2D eigenvalue weighted by Crippen LogP contribution is 2.36. The molecule has 2 aromatic rings. The van der Waals surface area contributed by atoms with Crippen molar-refractivity contribution in [2.75, 3.05) is 0 Å². The lowest BCUT2D eigenvalue weighted by molar-refractivity contribution is -0.107. The van der Waals surface area contributed by atoms with Crippen LogP contribution in [0.1, 0.15) is 5.56 Å². The quantitative estimate of drug-likeness (QED) is 0.519. The Balaban J connectivity index is 2.58. The average molecular weight is 334 g/mol. The van der Waals surface area contributed by atoms with Gasteiger partial charge in [0.1, 0.15) is 6.29 Å². The zero-order valence-corrected chi connectivity index (χ0v) is 12.6. The molecule has 0 saturated carbocycles. The van der Waals surface area contributed by atoms with Crippen molar-refractivity contribution in [1.82, 2.24) is 0 Å². The first-order chi connectivity index (χ1) is 9.01. The Kier molecular flexibility index (Phi) is 4.75. The molecule has 0 spiro atoms. The summed E-state index contributed by atoms with van der Waals surface area (Å²) in [6, 6.07) is 8.63. The molecule has 0 amide bonds. The number of benzene rings is 2. The lowest BCUT2D eigenvalue weighted by Crippen LogP contribution is -1.89. The highest BCUT2D eigenvalue weighted by Gasteiger charge is 2.10. The molecule has 0 N–H and O–H groups in total. The molecule has 0 fully saturated rings. The van der Waals surface area contributed by atoms with Crippen molar-refractivity contribution in [3.05, 3.63) is 56.0 Å². The Bertz CT molecular complexity index is 638. The highest BCUT2D eigenvalue weighted by molar-refractivity contribution is 6.44. The molecular weight excluding hydrogens is 326 g/mol. The van der Waals surface area contributed by atoms with Crippen molar-refractivity contribution < 1.29 is 4.79 Å². The number of carbonyl (C=O) groups is 1. The van der Waals surface area contributed by atoms with Crippen molar-refractivity contribution in [3.8, 4) is 11.1 Å². The van der Waals surface area contributed by atoms with Crippen LogP contribution >= 0.6 is 46.4 Å². The summed E-state index contributed by atoms with van der Waals surface area (Å²) in [6.07, 6.45) is 1.12. The maximum Gasteiger partial charge on any atom is 0.124 e. The molecule has 0 heterocycles. The van der Waals surface area contributed by atoms with E-state index in [0.29, 0.717) is 26.5 Å². The smallest absolute Gasteiger partial charge is 0.124 e. The molecule has 0 aliphatic carbocycles. The largest absolute Gasteiger partial charge is 0.303 e. The topological polar surface area (TPSA) is 17.1 Å². The fraction of sp³-hybridized carbons (Fsp3) is 0.0714. The first-order valence-electron chi connectivity index (χ1n) is 5.39. The SMILES string of the molecule is O=CCc1cc(Cl)cc(-c2cc(Cl)c(Cl)cc2Cl)c1. The van der Waals surface area contributed by atoms with Gasteiger partial charge in [0.2, 0.25) is 0 Å². The van der Waals surface area contributed by atoms with Gasteiger partial charge in [0, 0.05) is 22.0 Å². The van der Waals surface area contributed by atoms with Gasteiger partial charge < -0.3 is 4.79 Å². The molecule has 2 aromatic carbocycles. The van der Waals surface area contributed by atoms with Crippen molar-refractivity contribution in [3.63, 3.8) is 0 Å². The molecule has 0 saturated heterocycles. The van der Waals surface area contributed by atoms with E-state index in [0.717, 1.165) is 23.0 Å². The van der Waals surface area contributed by atoms with Crippen molar-refractivity contribution in [2.45, 2.75) is 6.42 Å². The number of halogens is 4. The van der Waals surface area contributed by atoms with Crippen LogP contribution in [-0.4, -0.2) is 6.29 Å². The minimum Gasteiger partial charge on any atom is -0.303 e. The van der Waals surface area contributed by atoms with E-state index < -0.39 is 0 Å². The van der Waals surface area contributed by atoms with Gasteiger partial charge in [-0.2, -0.15) is 0 Å². The van der Waals surface area contributed by atoms with Gasteiger partial charge in [-0.3, -0.25) is 0 Å². The minimum absolute atomic E-state index is 0.298. The summed E-state index contributed by atoms with van der Waals surface area (Å²) < 4.78 is 0. The standard InChI is InChI=1S/C14H8Cl4O/c15-10-4-8(1-2-19)3-9(5-10)11-6-13(17)14(18)7-12(11)16/h2-7H,1H2. The first-order valence-corrected chi connectivity index (χ1v) is 6.90. The molecule has 0 aliphatic rings. The molecule has 0 aliphatic heterocycles. The number of rotatable bonds is 3. The minimum atomic E-state index is 0.298. The summed E-state index contributed by atoms with van der Waals surface area (Å²) in [6.45, 7) is 0. The van der Waals surface area contributed by atoms with E-state index in [-0.39, 0.29) is 0 Å². The number of carbonyl (C=O) groups excluding carboxylic acids is 1. The highest BCUT2D eigenvalue weighted by atomic mass is 35.5. The van der Waals surface area contributed by atoms with Gasteiger partial charge in [0.15, 0.2) is 0 Å². The summed E-state index contributed by atoms with van der Waals surface area (Å²) in [5.41, 5.74) is 2.35. The van der Waals surface area contributed by atoms with E-state index in [1.165, 1.54) is 0 Å². The molecule has 5 heteroatoms. The molecule has 0 unspecified atom stereocenters. The Morgan fingerprint density at radius 1 is 0.842 bits per heavy atom. The Hall–Kier alpha value is -0.730. The van der Waals surface area contributed by atoms with E-state index in [9.17, 15) is 4.79 Å². The van der Waals surface area contributed by atoms with E-state index in [4.69, 9.17) is 46.4 Å². The van der Waals surface area contributed by atoms with Crippen LogP contribution in [0.5, 0.6) is 0 Å². The van der Waals surface area contributed by atoms with E-state index in [1.54, 1.807) is 24.3 Å². The van der Waals surface area contributed by atoms with Gasteiger partial charge in [-0.1, -0.05) is 52.5 Å². The Morgan fingerprint density at radius 3 is 2.21 bits per heavy atom. The van der Waals surface area contributed by atoms with Crippen molar-refractivity contribution in [2.24, 2.45) is 0 Å². The summed E-state index contributed by atoms with van der Waals surface area (Å²) in [4.78, 5) is 10.6. The van der Waals surface area contributed by atoms with Crippen LogP contribution in [-0.2, 0) is 11.2 Å². The maximum atomic E-state index is 10.6. The first kappa shape index (κ1) is 14.7. The van der Waals surface area contributed by atoms with E-state index in [2.05, 4.69) is 0 Å². The Labute approximate surface area is 131 Å². The third-order valence-electron chi connectivity index (χ3n) is 2.60. The van der Waals surface area contributed by atoms with Crippen LogP contribution in [0, 0.1) is 0 Å². The molecule has 2 rings (SSSR count). The second-order valence-corrected chi connectivity index (χ2v) is 5.62. The predicted molar refractivity (Wildman–Crippen MR) is 81.7 cm³/mol. The lowest BCUT2D eigenvalue weighted by atomic mass is 10.0. The number of hydrogen-bond donors (Lipinski definition) is 0. The molecule has 0 atom stereocenters. The fourth-order valence-electron chi connectivity index (χ4n) is 1.76. The summed E-state index contributed by atoms with van der Waals surface area (Å²) in [5.74, 6) is 0. The lowest BCUT2D eigenvalue weighted by Gasteiger charge is -2.09. The number of aldehydes is 1. The predicted octanol–water partition coefficient (Wildman–Crippen LogP) is 5.71. The van der Waals surface area contributed by atoms with Crippen LogP contribution in [0.3, 0.4) is 0 Å². The monoisotopic (exact) mass is 332 g/mol. The van der Waals surface area contributed by atoms with Gasteiger partial charge in [-0.15, -0.1) is 0 Å².